The normalized spacial score (nSPS) is 20.2. The van der Waals surface area contributed by atoms with Crippen LogP contribution in [0.5, 0.6) is 0 Å². The standard InChI is InChI=1S/C38H32N2O7/c1-2-3-20-46-37(44)22-12-16-24(17-13-22)39-30(41)21-47-38(45)23-14-18-25(19-15-23)40-35(42)33-31-26-8-4-5-9-27(26)32(34(33)36(40)43)29-11-7-6-10-28(29)31/h4-19,31-34H,2-3,20-21H2,1H3,(H,39,41)/t31?,32?,33-,34-/m0/s1. The molecule has 1 saturated heterocycles. The van der Waals surface area contributed by atoms with E-state index in [2.05, 4.69) is 29.6 Å². The summed E-state index contributed by atoms with van der Waals surface area (Å²) in [4.78, 5) is 66.4. The van der Waals surface area contributed by atoms with Crippen molar-refractivity contribution >= 4 is 41.0 Å². The quantitative estimate of drug-likeness (QED) is 0.141. The molecule has 4 aromatic rings. The van der Waals surface area contributed by atoms with E-state index in [-0.39, 0.29) is 29.2 Å². The maximum absolute atomic E-state index is 14.0. The van der Waals surface area contributed by atoms with Crippen LogP contribution in [0, 0.1) is 11.8 Å². The largest absolute Gasteiger partial charge is 0.462 e. The number of anilines is 2. The SMILES string of the molecule is CCCCOC(=O)c1ccc(NC(=O)COC(=O)c2ccc(N3C(=O)[C@H]4C5c6ccccc6C(c6ccccc65)[C@@H]4C3=O)cc2)cc1. The zero-order valence-electron chi connectivity index (χ0n) is 25.7. The summed E-state index contributed by atoms with van der Waals surface area (Å²) in [6.45, 7) is 1.83. The smallest absolute Gasteiger partial charge is 0.338 e. The minimum Gasteiger partial charge on any atom is -0.462 e. The third kappa shape index (κ3) is 5.27. The Morgan fingerprint density at radius 3 is 1.62 bits per heavy atom. The van der Waals surface area contributed by atoms with Crippen LogP contribution in [-0.2, 0) is 23.9 Å². The summed E-state index contributed by atoms with van der Waals surface area (Å²) >= 11 is 0. The fourth-order valence-corrected chi connectivity index (χ4v) is 7.17. The minimum atomic E-state index is -0.728. The van der Waals surface area contributed by atoms with Crippen molar-refractivity contribution < 1.29 is 33.4 Å². The van der Waals surface area contributed by atoms with Gasteiger partial charge in [0, 0.05) is 17.5 Å². The van der Waals surface area contributed by atoms with Crippen molar-refractivity contribution in [2.24, 2.45) is 11.8 Å². The highest BCUT2D eigenvalue weighted by atomic mass is 16.5. The number of nitrogens with one attached hydrogen (secondary N) is 1. The van der Waals surface area contributed by atoms with Gasteiger partial charge in [-0.3, -0.25) is 14.4 Å². The average Bonchev–Trinajstić information content (AvgIpc) is 3.37. The number of carbonyl (C=O) groups excluding carboxylic acids is 5. The van der Waals surface area contributed by atoms with Crippen molar-refractivity contribution in [2.75, 3.05) is 23.4 Å². The van der Waals surface area contributed by atoms with Gasteiger partial charge in [-0.1, -0.05) is 61.9 Å². The first kappa shape index (κ1) is 30.1. The molecule has 4 aromatic carbocycles. The van der Waals surface area contributed by atoms with Crippen molar-refractivity contribution in [3.8, 4) is 0 Å². The third-order valence-corrected chi connectivity index (χ3v) is 9.28. The van der Waals surface area contributed by atoms with Gasteiger partial charge in [0.2, 0.25) is 11.8 Å². The van der Waals surface area contributed by atoms with E-state index in [1.165, 1.54) is 17.0 Å². The van der Waals surface area contributed by atoms with Crippen LogP contribution in [0.4, 0.5) is 11.4 Å². The first-order chi connectivity index (χ1) is 22.9. The Hall–Kier alpha value is -5.57. The Labute approximate surface area is 271 Å². The van der Waals surface area contributed by atoms with Gasteiger partial charge in [-0.2, -0.15) is 0 Å². The van der Waals surface area contributed by atoms with Crippen LogP contribution in [0.15, 0.2) is 97.1 Å². The molecule has 1 heterocycles. The molecule has 3 aliphatic carbocycles. The molecule has 47 heavy (non-hydrogen) atoms. The molecule has 1 aliphatic heterocycles. The van der Waals surface area contributed by atoms with E-state index >= 15 is 0 Å². The lowest BCUT2D eigenvalue weighted by Gasteiger charge is -2.45. The maximum Gasteiger partial charge on any atom is 0.338 e. The molecule has 4 aliphatic rings. The van der Waals surface area contributed by atoms with Crippen LogP contribution < -0.4 is 10.2 Å². The summed E-state index contributed by atoms with van der Waals surface area (Å²) in [5, 5.41) is 2.62. The molecule has 0 radical (unpaired) electrons. The van der Waals surface area contributed by atoms with Gasteiger partial charge in [0.05, 0.1) is 35.3 Å². The van der Waals surface area contributed by atoms with Crippen LogP contribution in [0.1, 0.15) is 74.6 Å². The van der Waals surface area contributed by atoms with Gasteiger partial charge >= 0.3 is 11.9 Å². The topological polar surface area (TPSA) is 119 Å². The van der Waals surface area contributed by atoms with Crippen LogP contribution >= 0.6 is 0 Å². The monoisotopic (exact) mass is 628 g/mol. The second-order valence-corrected chi connectivity index (χ2v) is 12.0. The predicted octanol–water partition coefficient (Wildman–Crippen LogP) is 5.84. The van der Waals surface area contributed by atoms with Crippen molar-refractivity contribution in [3.63, 3.8) is 0 Å². The fourth-order valence-electron chi connectivity index (χ4n) is 7.17. The van der Waals surface area contributed by atoms with Gasteiger partial charge < -0.3 is 14.8 Å². The molecule has 0 aromatic heterocycles. The van der Waals surface area contributed by atoms with E-state index in [1.54, 1.807) is 36.4 Å². The number of benzene rings is 4. The molecule has 0 saturated carbocycles. The van der Waals surface area contributed by atoms with Gasteiger partial charge in [0.25, 0.3) is 5.91 Å². The van der Waals surface area contributed by atoms with E-state index in [1.807, 2.05) is 31.2 Å². The number of rotatable bonds is 9. The predicted molar refractivity (Wildman–Crippen MR) is 173 cm³/mol. The highest BCUT2D eigenvalue weighted by Gasteiger charge is 2.61. The maximum atomic E-state index is 14.0. The molecule has 236 valence electrons. The van der Waals surface area contributed by atoms with E-state index in [9.17, 15) is 24.0 Å². The number of ether oxygens (including phenoxy) is 2. The number of hydrogen-bond donors (Lipinski definition) is 1. The Balaban J connectivity index is 0.994. The highest BCUT2D eigenvalue weighted by molar-refractivity contribution is 6.23. The van der Waals surface area contributed by atoms with E-state index in [4.69, 9.17) is 9.47 Å². The summed E-state index contributed by atoms with van der Waals surface area (Å²) in [5.41, 5.74) is 5.75. The first-order valence-electron chi connectivity index (χ1n) is 15.8. The van der Waals surface area contributed by atoms with Crippen molar-refractivity contribution in [1.82, 2.24) is 0 Å². The van der Waals surface area contributed by atoms with Crippen LogP contribution in [-0.4, -0.2) is 42.9 Å². The van der Waals surface area contributed by atoms with Gasteiger partial charge in [-0.25, -0.2) is 14.5 Å². The molecular weight excluding hydrogens is 596 g/mol. The third-order valence-electron chi connectivity index (χ3n) is 9.28. The number of nitrogens with zero attached hydrogens (tertiary/aromatic N) is 1. The molecule has 0 spiro atoms. The number of esters is 2. The van der Waals surface area contributed by atoms with E-state index < -0.39 is 36.3 Å². The molecular formula is C38H32N2O7. The fraction of sp³-hybridized carbons (Fsp3) is 0.237. The summed E-state index contributed by atoms with van der Waals surface area (Å²) in [5.74, 6) is -3.62. The number of hydrogen-bond acceptors (Lipinski definition) is 7. The molecule has 3 amide bonds. The summed E-state index contributed by atoms with van der Waals surface area (Å²) in [6.07, 6.45) is 1.70. The zero-order valence-corrected chi connectivity index (χ0v) is 25.7. The van der Waals surface area contributed by atoms with Crippen molar-refractivity contribution in [3.05, 3.63) is 130 Å². The van der Waals surface area contributed by atoms with Crippen molar-refractivity contribution in [1.29, 1.82) is 0 Å². The summed E-state index contributed by atoms with van der Waals surface area (Å²) in [7, 11) is 0. The number of amides is 3. The minimum absolute atomic E-state index is 0.170. The summed E-state index contributed by atoms with van der Waals surface area (Å²) < 4.78 is 10.4. The number of unbranched alkanes of at least 4 members (excludes halogenated alkanes) is 1. The van der Waals surface area contributed by atoms with Gasteiger partial charge in [-0.15, -0.1) is 0 Å². The van der Waals surface area contributed by atoms with Crippen LogP contribution in [0.3, 0.4) is 0 Å². The average molecular weight is 629 g/mol. The summed E-state index contributed by atoms with van der Waals surface area (Å²) in [6, 6.07) is 28.4. The van der Waals surface area contributed by atoms with Crippen molar-refractivity contribution in [2.45, 2.75) is 31.6 Å². The van der Waals surface area contributed by atoms with Gasteiger partial charge in [-0.05, 0) is 77.2 Å². The Morgan fingerprint density at radius 2 is 1.13 bits per heavy atom. The molecule has 9 nitrogen and oxygen atoms in total. The lowest BCUT2D eigenvalue weighted by atomic mass is 9.55. The molecule has 0 unspecified atom stereocenters. The lowest BCUT2D eigenvalue weighted by Crippen LogP contribution is -2.41. The molecule has 1 N–H and O–H groups in total. The Morgan fingerprint density at radius 1 is 0.660 bits per heavy atom. The Bertz CT molecular complexity index is 1780. The number of carbonyl (C=O) groups is 5. The lowest BCUT2D eigenvalue weighted by molar-refractivity contribution is -0.122. The first-order valence-corrected chi connectivity index (χ1v) is 15.8. The second kappa shape index (κ2) is 12.3. The van der Waals surface area contributed by atoms with Gasteiger partial charge in [0.15, 0.2) is 6.61 Å². The molecule has 9 heteroatoms. The van der Waals surface area contributed by atoms with Crippen LogP contribution in [0.25, 0.3) is 0 Å². The number of imide groups is 1. The Kier molecular flexibility index (Phi) is 7.89. The molecule has 8 rings (SSSR count). The van der Waals surface area contributed by atoms with E-state index in [0.717, 1.165) is 35.1 Å². The van der Waals surface area contributed by atoms with E-state index in [0.29, 0.717) is 23.5 Å². The second-order valence-electron chi connectivity index (χ2n) is 12.0. The van der Waals surface area contributed by atoms with Gasteiger partial charge in [0.1, 0.15) is 0 Å². The zero-order chi connectivity index (χ0) is 32.7. The molecule has 1 fully saturated rings. The molecule has 2 atom stereocenters. The van der Waals surface area contributed by atoms with Crippen LogP contribution in [0.2, 0.25) is 0 Å². The highest BCUT2D eigenvalue weighted by Crippen LogP contribution is 2.61. The molecule has 2 bridgehead atoms.